The lowest BCUT2D eigenvalue weighted by atomic mass is 10.1. The van der Waals surface area contributed by atoms with Gasteiger partial charge in [-0.15, -0.1) is 0 Å². The van der Waals surface area contributed by atoms with E-state index in [1.54, 1.807) is 0 Å². The Morgan fingerprint density at radius 2 is 1.83 bits per heavy atom. The molecule has 0 aromatic carbocycles. The van der Waals surface area contributed by atoms with Crippen LogP contribution < -0.4 is 17.0 Å². The molecule has 1 aliphatic heterocycles. The van der Waals surface area contributed by atoms with Crippen LogP contribution in [0.25, 0.3) is 0 Å². The first-order valence-corrected chi connectivity index (χ1v) is 8.26. The Labute approximate surface area is 140 Å². The Hall–Kier alpha value is -1.93. The summed E-state index contributed by atoms with van der Waals surface area (Å²) in [5.74, 6) is -0.399. The van der Waals surface area contributed by atoms with Gasteiger partial charge in [0.15, 0.2) is 5.78 Å². The van der Waals surface area contributed by atoms with E-state index in [0.29, 0.717) is 26.1 Å². The summed E-state index contributed by atoms with van der Waals surface area (Å²) < 4.78 is 7.89. The van der Waals surface area contributed by atoms with E-state index in [1.165, 1.54) is 11.6 Å². The van der Waals surface area contributed by atoms with Crippen molar-refractivity contribution in [2.75, 3.05) is 25.4 Å². The minimum Gasteiger partial charge on any atom is -0.384 e. The molecule has 1 aliphatic rings. The number of carbonyl (C=O) groups is 1. The molecule has 0 amide bonds. The van der Waals surface area contributed by atoms with Gasteiger partial charge in [0.05, 0.1) is 18.8 Å². The zero-order valence-corrected chi connectivity index (χ0v) is 14.7. The predicted octanol–water partition coefficient (Wildman–Crippen LogP) is -0.169. The average Bonchev–Trinajstić information content (AvgIpc) is 2.48. The molecule has 0 saturated carbocycles. The summed E-state index contributed by atoms with van der Waals surface area (Å²) in [6, 6.07) is 0. The fourth-order valence-corrected chi connectivity index (χ4v) is 3.18. The van der Waals surface area contributed by atoms with Gasteiger partial charge in [0.1, 0.15) is 11.4 Å². The van der Waals surface area contributed by atoms with Crippen molar-refractivity contribution in [2.24, 2.45) is 7.05 Å². The number of ether oxygens (including phenoxy) is 1. The van der Waals surface area contributed by atoms with Crippen molar-refractivity contribution < 1.29 is 9.53 Å². The number of hydrogen-bond donors (Lipinski definition) is 1. The van der Waals surface area contributed by atoms with Crippen molar-refractivity contribution in [1.29, 1.82) is 0 Å². The number of morpholine rings is 1. The summed E-state index contributed by atoms with van der Waals surface area (Å²) >= 11 is 0. The number of nitrogens with zero attached hydrogens (tertiary/aromatic N) is 3. The van der Waals surface area contributed by atoms with Crippen LogP contribution in [0.15, 0.2) is 9.59 Å². The Morgan fingerprint density at radius 1 is 1.25 bits per heavy atom. The van der Waals surface area contributed by atoms with E-state index in [1.807, 2.05) is 25.7 Å². The Kier molecular flexibility index (Phi) is 5.61. The third kappa shape index (κ3) is 3.59. The van der Waals surface area contributed by atoms with Gasteiger partial charge in [-0.05, 0) is 20.3 Å². The summed E-state index contributed by atoms with van der Waals surface area (Å²) in [5.41, 5.74) is 4.76. The highest BCUT2D eigenvalue weighted by atomic mass is 16.5. The fourth-order valence-electron chi connectivity index (χ4n) is 3.18. The average molecular weight is 338 g/mol. The molecule has 2 atom stereocenters. The van der Waals surface area contributed by atoms with E-state index in [9.17, 15) is 14.4 Å². The normalized spacial score (nSPS) is 21.8. The van der Waals surface area contributed by atoms with Gasteiger partial charge >= 0.3 is 5.69 Å². The van der Waals surface area contributed by atoms with Crippen LogP contribution in [-0.4, -0.2) is 51.7 Å². The fraction of sp³-hybridized carbons (Fsp3) is 0.688. The molecule has 2 rings (SSSR count). The maximum atomic E-state index is 12.7. The minimum absolute atomic E-state index is 0.0239. The molecule has 0 aliphatic carbocycles. The number of ketones is 1. The number of carbonyl (C=O) groups excluding carboxylic acids is 1. The van der Waals surface area contributed by atoms with Crippen molar-refractivity contribution in [1.82, 2.24) is 14.0 Å². The van der Waals surface area contributed by atoms with Crippen molar-refractivity contribution in [3.8, 4) is 0 Å². The van der Waals surface area contributed by atoms with Crippen LogP contribution in [0.5, 0.6) is 0 Å². The van der Waals surface area contributed by atoms with Crippen molar-refractivity contribution in [3.63, 3.8) is 0 Å². The lowest BCUT2D eigenvalue weighted by Crippen LogP contribution is -2.49. The number of hydrogen-bond acceptors (Lipinski definition) is 6. The first-order valence-electron chi connectivity index (χ1n) is 8.26. The standard InChI is InChI=1S/C16H26N4O4/c1-5-6-20-14(17)13(15(22)18(4)16(20)23)12(21)9-19-7-10(2)24-11(3)8-19/h10-11H,5-9,17H2,1-4H3. The molecule has 8 nitrogen and oxygen atoms in total. The zero-order valence-electron chi connectivity index (χ0n) is 14.7. The monoisotopic (exact) mass is 338 g/mol. The van der Waals surface area contributed by atoms with Gasteiger partial charge in [-0.1, -0.05) is 6.92 Å². The van der Waals surface area contributed by atoms with E-state index < -0.39 is 11.2 Å². The highest BCUT2D eigenvalue weighted by molar-refractivity contribution is 6.01. The van der Waals surface area contributed by atoms with Crippen molar-refractivity contribution in [3.05, 3.63) is 26.4 Å². The number of anilines is 1. The molecular weight excluding hydrogens is 312 g/mol. The number of nitrogens with two attached hydrogens (primary N) is 1. The van der Waals surface area contributed by atoms with Gasteiger partial charge in [-0.2, -0.15) is 0 Å². The lowest BCUT2D eigenvalue weighted by molar-refractivity contribution is -0.0652. The van der Waals surface area contributed by atoms with Crippen molar-refractivity contribution in [2.45, 2.75) is 45.9 Å². The summed E-state index contributed by atoms with van der Waals surface area (Å²) in [5, 5.41) is 0. The van der Waals surface area contributed by atoms with Crippen LogP contribution in [0.2, 0.25) is 0 Å². The molecule has 1 saturated heterocycles. The Morgan fingerprint density at radius 3 is 2.38 bits per heavy atom. The van der Waals surface area contributed by atoms with E-state index in [2.05, 4.69) is 0 Å². The molecule has 2 heterocycles. The number of Topliss-reactive ketones (excluding diaryl/α,β-unsaturated/α-hetero) is 1. The van der Waals surface area contributed by atoms with E-state index in [4.69, 9.17) is 10.5 Å². The van der Waals surface area contributed by atoms with Crippen LogP contribution in [0, 0.1) is 0 Å². The van der Waals surface area contributed by atoms with Gasteiger partial charge in [0.25, 0.3) is 5.56 Å². The molecule has 0 bridgehead atoms. The van der Waals surface area contributed by atoms with E-state index in [0.717, 1.165) is 4.57 Å². The molecule has 8 heteroatoms. The van der Waals surface area contributed by atoms with Gasteiger partial charge in [-0.3, -0.25) is 23.6 Å². The first kappa shape index (κ1) is 18.4. The second-order valence-electron chi connectivity index (χ2n) is 6.43. The second-order valence-corrected chi connectivity index (χ2v) is 6.43. The molecule has 2 unspecified atom stereocenters. The molecule has 1 aromatic rings. The molecule has 1 fully saturated rings. The van der Waals surface area contributed by atoms with Gasteiger partial charge in [0, 0.05) is 26.7 Å². The van der Waals surface area contributed by atoms with Gasteiger partial charge in [-0.25, -0.2) is 4.79 Å². The van der Waals surface area contributed by atoms with Crippen LogP contribution >= 0.6 is 0 Å². The highest BCUT2D eigenvalue weighted by Gasteiger charge is 2.27. The molecule has 24 heavy (non-hydrogen) atoms. The quantitative estimate of drug-likeness (QED) is 0.749. The van der Waals surface area contributed by atoms with Gasteiger partial charge in [0.2, 0.25) is 0 Å². The Bertz CT molecular complexity index is 727. The predicted molar refractivity (Wildman–Crippen MR) is 91.4 cm³/mol. The third-order valence-electron chi connectivity index (χ3n) is 4.17. The van der Waals surface area contributed by atoms with Crippen LogP contribution in [0.3, 0.4) is 0 Å². The largest absolute Gasteiger partial charge is 0.384 e. The van der Waals surface area contributed by atoms with Crippen LogP contribution in [0.1, 0.15) is 37.6 Å². The molecule has 134 valence electrons. The molecule has 1 aromatic heterocycles. The van der Waals surface area contributed by atoms with Crippen molar-refractivity contribution >= 4 is 11.6 Å². The zero-order chi connectivity index (χ0) is 18.0. The summed E-state index contributed by atoms with van der Waals surface area (Å²) in [4.78, 5) is 39.2. The number of rotatable bonds is 5. The maximum absolute atomic E-state index is 12.7. The van der Waals surface area contributed by atoms with E-state index in [-0.39, 0.29) is 35.9 Å². The molecular formula is C16H26N4O4. The molecule has 2 N–H and O–H groups in total. The summed E-state index contributed by atoms with van der Waals surface area (Å²) in [6.45, 7) is 7.47. The lowest BCUT2D eigenvalue weighted by Gasteiger charge is -2.34. The molecule has 0 radical (unpaired) electrons. The van der Waals surface area contributed by atoms with Gasteiger partial charge < -0.3 is 10.5 Å². The second kappa shape index (κ2) is 7.31. The number of nitrogen functional groups attached to an aromatic ring is 1. The smallest absolute Gasteiger partial charge is 0.332 e. The number of aromatic nitrogens is 2. The minimum atomic E-state index is -0.635. The third-order valence-corrected chi connectivity index (χ3v) is 4.17. The van der Waals surface area contributed by atoms with Crippen LogP contribution in [-0.2, 0) is 18.3 Å². The maximum Gasteiger partial charge on any atom is 0.332 e. The van der Waals surface area contributed by atoms with Crippen LogP contribution in [0.4, 0.5) is 5.82 Å². The summed E-state index contributed by atoms with van der Waals surface area (Å²) in [6.07, 6.45) is 0.723. The highest BCUT2D eigenvalue weighted by Crippen LogP contribution is 2.13. The molecule has 0 spiro atoms. The SMILES string of the molecule is CCCn1c(N)c(C(=O)CN2CC(C)OC(C)C2)c(=O)n(C)c1=O. The first-order chi connectivity index (χ1) is 11.3. The van der Waals surface area contributed by atoms with E-state index >= 15 is 0 Å². The summed E-state index contributed by atoms with van der Waals surface area (Å²) in [7, 11) is 1.37. The Balaban J connectivity index is 2.35. The topological polar surface area (TPSA) is 99.6 Å².